The summed E-state index contributed by atoms with van der Waals surface area (Å²) in [7, 11) is 0. The number of halogens is 2. The van der Waals surface area contributed by atoms with Crippen molar-refractivity contribution in [3.8, 4) is 0 Å². The molecule has 3 rings (SSSR count). The van der Waals surface area contributed by atoms with Crippen molar-refractivity contribution in [1.82, 2.24) is 4.90 Å². The van der Waals surface area contributed by atoms with Gasteiger partial charge in [0, 0.05) is 37.9 Å². The third kappa shape index (κ3) is 2.58. The van der Waals surface area contributed by atoms with Gasteiger partial charge in [-0.2, -0.15) is 0 Å². The van der Waals surface area contributed by atoms with E-state index >= 15 is 0 Å². The molecule has 0 aliphatic carbocycles. The minimum absolute atomic E-state index is 0.0509. The van der Waals surface area contributed by atoms with E-state index in [0.717, 1.165) is 32.7 Å². The molecule has 2 heterocycles. The largest absolute Gasteiger partial charge is 0.399 e. The Morgan fingerprint density at radius 1 is 1.10 bits per heavy atom. The molecule has 2 saturated heterocycles. The van der Waals surface area contributed by atoms with Gasteiger partial charge in [0.1, 0.15) is 5.69 Å². The second-order valence-corrected chi connectivity index (χ2v) is 5.37. The zero-order valence-corrected chi connectivity index (χ0v) is 11.3. The van der Waals surface area contributed by atoms with Gasteiger partial charge >= 0.3 is 0 Å². The highest BCUT2D eigenvalue weighted by Crippen LogP contribution is 2.30. The lowest BCUT2D eigenvalue weighted by Crippen LogP contribution is -2.44. The number of benzene rings is 1. The lowest BCUT2D eigenvalue weighted by atomic mass is 10.2. The number of anilines is 2. The average molecular weight is 283 g/mol. The zero-order valence-electron chi connectivity index (χ0n) is 11.3. The summed E-state index contributed by atoms with van der Waals surface area (Å²) >= 11 is 0. The predicted octanol–water partition coefficient (Wildman–Crippen LogP) is 1.46. The Bertz CT molecular complexity index is 468. The van der Waals surface area contributed by atoms with Gasteiger partial charge in [-0.1, -0.05) is 0 Å². The molecule has 6 heteroatoms. The Morgan fingerprint density at radius 3 is 2.40 bits per heavy atom. The van der Waals surface area contributed by atoms with Crippen LogP contribution in [0, 0.1) is 11.6 Å². The number of hydrogen-bond donors (Lipinski definition) is 1. The number of nitrogen functional groups attached to an aromatic ring is 1. The lowest BCUT2D eigenvalue weighted by molar-refractivity contribution is 0.0209. The summed E-state index contributed by atoms with van der Waals surface area (Å²) in [6.45, 7) is 4.58. The van der Waals surface area contributed by atoms with E-state index in [0.29, 0.717) is 19.1 Å². The first-order valence-electron chi connectivity index (χ1n) is 6.96. The number of nitrogens with zero attached hydrogens (tertiary/aromatic N) is 2. The molecule has 0 spiro atoms. The zero-order chi connectivity index (χ0) is 14.1. The van der Waals surface area contributed by atoms with Crippen LogP contribution < -0.4 is 10.6 Å². The highest BCUT2D eigenvalue weighted by molar-refractivity contribution is 5.56. The summed E-state index contributed by atoms with van der Waals surface area (Å²) in [6, 6.07) is 2.70. The Labute approximate surface area is 117 Å². The van der Waals surface area contributed by atoms with Gasteiger partial charge in [-0.05, 0) is 18.6 Å². The molecule has 4 nitrogen and oxygen atoms in total. The van der Waals surface area contributed by atoms with E-state index in [1.165, 1.54) is 12.1 Å². The molecule has 0 radical (unpaired) electrons. The van der Waals surface area contributed by atoms with Crippen molar-refractivity contribution in [2.75, 3.05) is 50.0 Å². The highest BCUT2D eigenvalue weighted by Gasteiger charge is 2.31. The Hall–Kier alpha value is -1.40. The molecule has 2 fully saturated rings. The van der Waals surface area contributed by atoms with Crippen LogP contribution in [0.5, 0.6) is 0 Å². The molecular weight excluding hydrogens is 264 g/mol. The van der Waals surface area contributed by atoms with Crippen LogP contribution in [0.25, 0.3) is 0 Å². The lowest BCUT2D eigenvalue weighted by Gasteiger charge is -2.32. The normalized spacial score (nSPS) is 24.3. The SMILES string of the molecule is Nc1cc(F)c(N2CCC(N3CCOCC3)C2)c(F)c1. The van der Waals surface area contributed by atoms with Crippen molar-refractivity contribution in [3.05, 3.63) is 23.8 Å². The molecular formula is C14H19F2N3O. The Kier molecular flexibility index (Phi) is 3.76. The summed E-state index contributed by atoms with van der Waals surface area (Å²) in [5.74, 6) is -1.16. The van der Waals surface area contributed by atoms with E-state index in [2.05, 4.69) is 4.90 Å². The number of nitrogens with two attached hydrogens (primary N) is 1. The van der Waals surface area contributed by atoms with E-state index in [4.69, 9.17) is 10.5 Å². The van der Waals surface area contributed by atoms with Crippen LogP contribution >= 0.6 is 0 Å². The number of morpholine rings is 1. The summed E-state index contributed by atoms with van der Waals surface area (Å²) in [5.41, 5.74) is 5.62. The average Bonchev–Trinajstić information content (AvgIpc) is 2.88. The van der Waals surface area contributed by atoms with Crippen LogP contribution in [-0.4, -0.2) is 50.3 Å². The topological polar surface area (TPSA) is 41.7 Å². The van der Waals surface area contributed by atoms with E-state index in [1.807, 2.05) is 0 Å². The number of rotatable bonds is 2. The molecule has 2 aliphatic heterocycles. The standard InChI is InChI=1S/C14H19F2N3O/c15-12-7-10(17)8-13(16)14(12)19-2-1-11(9-19)18-3-5-20-6-4-18/h7-8,11H,1-6,9,17H2. The smallest absolute Gasteiger partial charge is 0.151 e. The summed E-state index contributed by atoms with van der Waals surface area (Å²) < 4.78 is 33.2. The maximum absolute atomic E-state index is 13.9. The Balaban J connectivity index is 1.73. The summed E-state index contributed by atoms with van der Waals surface area (Å²) in [6.07, 6.45) is 0.920. The van der Waals surface area contributed by atoms with Gasteiger partial charge in [0.05, 0.1) is 13.2 Å². The second-order valence-electron chi connectivity index (χ2n) is 5.37. The van der Waals surface area contributed by atoms with E-state index in [1.54, 1.807) is 4.90 Å². The summed E-state index contributed by atoms with van der Waals surface area (Å²) in [4.78, 5) is 4.13. The molecule has 1 aromatic rings. The van der Waals surface area contributed by atoms with Gasteiger partial charge in [0.15, 0.2) is 11.6 Å². The highest BCUT2D eigenvalue weighted by atomic mass is 19.1. The van der Waals surface area contributed by atoms with Crippen molar-refractivity contribution in [1.29, 1.82) is 0 Å². The fraction of sp³-hybridized carbons (Fsp3) is 0.571. The van der Waals surface area contributed by atoms with Crippen LogP contribution in [0.15, 0.2) is 12.1 Å². The van der Waals surface area contributed by atoms with E-state index in [9.17, 15) is 8.78 Å². The second kappa shape index (κ2) is 5.54. The maximum Gasteiger partial charge on any atom is 0.151 e. The van der Waals surface area contributed by atoms with E-state index in [-0.39, 0.29) is 11.4 Å². The molecule has 1 aromatic carbocycles. The molecule has 0 aromatic heterocycles. The van der Waals surface area contributed by atoms with Crippen LogP contribution in [0.4, 0.5) is 20.2 Å². The molecule has 110 valence electrons. The molecule has 0 saturated carbocycles. The van der Waals surface area contributed by atoms with Gasteiger partial charge < -0.3 is 15.4 Å². The van der Waals surface area contributed by atoms with Crippen LogP contribution in [0.3, 0.4) is 0 Å². The van der Waals surface area contributed by atoms with Crippen molar-refractivity contribution in [2.45, 2.75) is 12.5 Å². The van der Waals surface area contributed by atoms with Gasteiger partial charge in [-0.15, -0.1) is 0 Å². The van der Waals surface area contributed by atoms with Gasteiger partial charge in [0.2, 0.25) is 0 Å². The first-order valence-corrected chi connectivity index (χ1v) is 6.96. The fourth-order valence-corrected chi connectivity index (χ4v) is 3.07. The predicted molar refractivity (Wildman–Crippen MR) is 73.8 cm³/mol. The molecule has 1 atom stereocenters. The molecule has 20 heavy (non-hydrogen) atoms. The van der Waals surface area contributed by atoms with Crippen LogP contribution in [0.1, 0.15) is 6.42 Å². The molecule has 0 amide bonds. The minimum atomic E-state index is -0.579. The van der Waals surface area contributed by atoms with E-state index < -0.39 is 11.6 Å². The monoisotopic (exact) mass is 283 g/mol. The Morgan fingerprint density at radius 2 is 1.75 bits per heavy atom. The molecule has 2 aliphatic rings. The van der Waals surface area contributed by atoms with Gasteiger partial charge in [-0.3, -0.25) is 4.90 Å². The van der Waals surface area contributed by atoms with Gasteiger partial charge in [-0.25, -0.2) is 8.78 Å². The van der Waals surface area contributed by atoms with Crippen LogP contribution in [0.2, 0.25) is 0 Å². The van der Waals surface area contributed by atoms with Crippen molar-refractivity contribution in [2.24, 2.45) is 0 Å². The third-order valence-electron chi connectivity index (χ3n) is 4.08. The fourth-order valence-electron chi connectivity index (χ4n) is 3.07. The van der Waals surface area contributed by atoms with Crippen molar-refractivity contribution >= 4 is 11.4 Å². The van der Waals surface area contributed by atoms with Crippen molar-refractivity contribution in [3.63, 3.8) is 0 Å². The molecule has 1 unspecified atom stereocenters. The maximum atomic E-state index is 13.9. The summed E-state index contributed by atoms with van der Waals surface area (Å²) in [5, 5.41) is 0. The van der Waals surface area contributed by atoms with Crippen LogP contribution in [-0.2, 0) is 4.74 Å². The van der Waals surface area contributed by atoms with Gasteiger partial charge in [0.25, 0.3) is 0 Å². The first-order chi connectivity index (χ1) is 9.65. The minimum Gasteiger partial charge on any atom is -0.399 e. The first kappa shape index (κ1) is 13.6. The molecule has 2 N–H and O–H groups in total. The molecule has 0 bridgehead atoms. The van der Waals surface area contributed by atoms with Crippen molar-refractivity contribution < 1.29 is 13.5 Å². The number of hydrogen-bond acceptors (Lipinski definition) is 4. The third-order valence-corrected chi connectivity index (χ3v) is 4.08. The number of ether oxygens (including phenoxy) is 1. The quantitative estimate of drug-likeness (QED) is 0.834.